The minimum atomic E-state index is -0.193. The number of benzene rings is 2. The first-order chi connectivity index (χ1) is 12.1. The highest BCUT2D eigenvalue weighted by atomic mass is 35.5. The minimum Gasteiger partial charge on any atom is -0.351 e. The second-order valence-electron chi connectivity index (χ2n) is 5.53. The first-order valence-corrected chi connectivity index (χ1v) is 9.15. The summed E-state index contributed by atoms with van der Waals surface area (Å²) in [5, 5.41) is 3.51. The highest BCUT2D eigenvalue weighted by molar-refractivity contribution is 8.00. The van der Waals surface area contributed by atoms with Crippen molar-refractivity contribution in [3.63, 3.8) is 0 Å². The summed E-state index contributed by atoms with van der Waals surface area (Å²) in [7, 11) is 0. The number of nitrogens with zero attached hydrogens (tertiary/aromatic N) is 2. The standard InChI is InChI=1S/C19H18ClN3OS/c1-14(25-17-8-6-16(20)7-9-17)19(24)22-12-15-4-2-3-5-18(15)23-11-10-21-13-23/h2-11,13-14H,12H2,1H3,(H,22,24). The van der Waals surface area contributed by atoms with Gasteiger partial charge in [-0.1, -0.05) is 29.8 Å². The SMILES string of the molecule is CC(Sc1ccc(Cl)cc1)C(=O)NCc1ccccc1-n1ccnc1. The van der Waals surface area contributed by atoms with Gasteiger partial charge >= 0.3 is 0 Å². The third kappa shape index (κ3) is 4.65. The van der Waals surface area contributed by atoms with Gasteiger partial charge in [0.2, 0.25) is 5.91 Å². The summed E-state index contributed by atoms with van der Waals surface area (Å²) in [6.45, 7) is 2.37. The highest BCUT2D eigenvalue weighted by Gasteiger charge is 2.15. The molecule has 0 aliphatic heterocycles. The molecule has 0 aliphatic rings. The fraction of sp³-hybridized carbons (Fsp3) is 0.158. The third-order valence-corrected chi connectivity index (χ3v) is 5.09. The van der Waals surface area contributed by atoms with E-state index in [-0.39, 0.29) is 11.2 Å². The van der Waals surface area contributed by atoms with Gasteiger partial charge in [-0.15, -0.1) is 11.8 Å². The average Bonchev–Trinajstić information content (AvgIpc) is 3.16. The van der Waals surface area contributed by atoms with Crippen LogP contribution in [0.2, 0.25) is 5.02 Å². The van der Waals surface area contributed by atoms with Crippen LogP contribution in [0.15, 0.2) is 72.1 Å². The Morgan fingerprint density at radius 2 is 2.00 bits per heavy atom. The van der Waals surface area contributed by atoms with Crippen molar-refractivity contribution in [2.75, 3.05) is 0 Å². The van der Waals surface area contributed by atoms with Crippen molar-refractivity contribution in [2.24, 2.45) is 0 Å². The van der Waals surface area contributed by atoms with E-state index in [0.29, 0.717) is 11.6 Å². The van der Waals surface area contributed by atoms with Crippen LogP contribution in [0.5, 0.6) is 0 Å². The number of hydrogen-bond acceptors (Lipinski definition) is 3. The van der Waals surface area contributed by atoms with E-state index < -0.39 is 0 Å². The van der Waals surface area contributed by atoms with Crippen molar-refractivity contribution < 1.29 is 4.79 Å². The van der Waals surface area contributed by atoms with Crippen LogP contribution in [0.3, 0.4) is 0 Å². The topological polar surface area (TPSA) is 46.9 Å². The van der Waals surface area contributed by atoms with Gasteiger partial charge in [-0.25, -0.2) is 4.98 Å². The van der Waals surface area contributed by atoms with Gasteiger partial charge in [0.05, 0.1) is 17.3 Å². The summed E-state index contributed by atoms with van der Waals surface area (Å²) in [4.78, 5) is 17.5. The minimum absolute atomic E-state index is 0.000356. The molecule has 1 heterocycles. The van der Waals surface area contributed by atoms with Gasteiger partial charge in [-0.2, -0.15) is 0 Å². The molecular formula is C19H18ClN3OS. The predicted molar refractivity (Wildman–Crippen MR) is 102 cm³/mol. The highest BCUT2D eigenvalue weighted by Crippen LogP contribution is 2.25. The molecule has 0 aliphatic carbocycles. The monoisotopic (exact) mass is 371 g/mol. The van der Waals surface area contributed by atoms with Gasteiger partial charge in [-0.3, -0.25) is 4.79 Å². The number of imidazole rings is 1. The van der Waals surface area contributed by atoms with Crippen molar-refractivity contribution in [3.8, 4) is 5.69 Å². The molecule has 0 fully saturated rings. The van der Waals surface area contributed by atoms with Crippen LogP contribution in [0.1, 0.15) is 12.5 Å². The number of para-hydroxylation sites is 1. The summed E-state index contributed by atoms with van der Waals surface area (Å²) in [6, 6.07) is 15.5. The number of carbonyl (C=O) groups is 1. The largest absolute Gasteiger partial charge is 0.351 e. The molecule has 1 N–H and O–H groups in total. The van der Waals surface area contributed by atoms with E-state index in [0.717, 1.165) is 16.1 Å². The Morgan fingerprint density at radius 1 is 1.24 bits per heavy atom. The summed E-state index contributed by atoms with van der Waals surface area (Å²) >= 11 is 7.40. The Morgan fingerprint density at radius 3 is 2.72 bits per heavy atom. The summed E-state index contributed by atoms with van der Waals surface area (Å²) in [6.07, 6.45) is 5.37. The lowest BCUT2D eigenvalue weighted by molar-refractivity contribution is -0.120. The molecule has 0 bridgehead atoms. The fourth-order valence-electron chi connectivity index (χ4n) is 2.41. The van der Waals surface area contributed by atoms with E-state index >= 15 is 0 Å². The normalized spacial score (nSPS) is 11.9. The molecule has 3 rings (SSSR count). The van der Waals surface area contributed by atoms with Gasteiger partial charge in [0.25, 0.3) is 0 Å². The average molecular weight is 372 g/mol. The Bertz CT molecular complexity index is 834. The fourth-order valence-corrected chi connectivity index (χ4v) is 3.43. The van der Waals surface area contributed by atoms with Crippen LogP contribution < -0.4 is 5.32 Å². The molecule has 0 spiro atoms. The van der Waals surface area contributed by atoms with Crippen LogP contribution in [0.25, 0.3) is 5.69 Å². The Kier molecular flexibility index (Phi) is 5.79. The van der Waals surface area contributed by atoms with Gasteiger partial charge < -0.3 is 9.88 Å². The number of carbonyl (C=O) groups excluding carboxylic acids is 1. The maximum atomic E-state index is 12.4. The first-order valence-electron chi connectivity index (χ1n) is 7.89. The van der Waals surface area contributed by atoms with Crippen LogP contribution in [-0.4, -0.2) is 20.7 Å². The number of nitrogens with one attached hydrogen (secondary N) is 1. The van der Waals surface area contributed by atoms with E-state index in [9.17, 15) is 4.79 Å². The number of halogens is 1. The molecule has 3 aromatic rings. The van der Waals surface area contributed by atoms with Gasteiger partial charge in [-0.05, 0) is 42.8 Å². The molecule has 2 aromatic carbocycles. The first kappa shape index (κ1) is 17.6. The molecule has 6 heteroatoms. The van der Waals surface area contributed by atoms with E-state index in [4.69, 9.17) is 11.6 Å². The number of amides is 1. The number of hydrogen-bond donors (Lipinski definition) is 1. The summed E-state index contributed by atoms with van der Waals surface area (Å²) in [5.74, 6) is 0.000356. The van der Waals surface area contributed by atoms with Gasteiger partial charge in [0.1, 0.15) is 0 Å². The molecule has 0 saturated heterocycles. The molecule has 4 nitrogen and oxygen atoms in total. The number of thioether (sulfide) groups is 1. The summed E-state index contributed by atoms with van der Waals surface area (Å²) < 4.78 is 1.94. The van der Waals surface area contributed by atoms with E-state index in [1.807, 2.05) is 66.2 Å². The van der Waals surface area contributed by atoms with Crippen LogP contribution in [-0.2, 0) is 11.3 Å². The Labute approximate surface area is 156 Å². The maximum absolute atomic E-state index is 12.4. The van der Waals surface area contributed by atoms with E-state index in [1.54, 1.807) is 12.5 Å². The number of rotatable bonds is 6. The molecule has 1 atom stereocenters. The van der Waals surface area contributed by atoms with Gasteiger partial charge in [0, 0.05) is 28.9 Å². The smallest absolute Gasteiger partial charge is 0.233 e. The molecule has 25 heavy (non-hydrogen) atoms. The lowest BCUT2D eigenvalue weighted by atomic mass is 10.1. The second-order valence-corrected chi connectivity index (χ2v) is 7.38. The lowest BCUT2D eigenvalue weighted by Gasteiger charge is -2.14. The number of aromatic nitrogens is 2. The van der Waals surface area contributed by atoms with E-state index in [1.165, 1.54) is 11.8 Å². The van der Waals surface area contributed by atoms with Crippen molar-refractivity contribution in [1.82, 2.24) is 14.9 Å². The van der Waals surface area contributed by atoms with Gasteiger partial charge in [0.15, 0.2) is 0 Å². The Balaban J connectivity index is 1.62. The maximum Gasteiger partial charge on any atom is 0.233 e. The quantitative estimate of drug-likeness (QED) is 0.656. The predicted octanol–water partition coefficient (Wildman–Crippen LogP) is 4.32. The molecule has 1 aromatic heterocycles. The Hall–Kier alpha value is -2.24. The summed E-state index contributed by atoms with van der Waals surface area (Å²) in [5.41, 5.74) is 2.05. The molecular weight excluding hydrogens is 354 g/mol. The molecule has 0 radical (unpaired) electrons. The van der Waals surface area contributed by atoms with Crippen LogP contribution in [0, 0.1) is 0 Å². The van der Waals surface area contributed by atoms with Crippen LogP contribution >= 0.6 is 23.4 Å². The van der Waals surface area contributed by atoms with Crippen LogP contribution in [0.4, 0.5) is 0 Å². The van der Waals surface area contributed by atoms with Crippen molar-refractivity contribution >= 4 is 29.3 Å². The second kappa shape index (κ2) is 8.23. The van der Waals surface area contributed by atoms with Crippen molar-refractivity contribution in [1.29, 1.82) is 0 Å². The molecule has 128 valence electrons. The van der Waals surface area contributed by atoms with Crippen molar-refractivity contribution in [3.05, 3.63) is 77.8 Å². The third-order valence-electron chi connectivity index (χ3n) is 3.72. The lowest BCUT2D eigenvalue weighted by Crippen LogP contribution is -2.30. The molecule has 1 amide bonds. The van der Waals surface area contributed by atoms with E-state index in [2.05, 4.69) is 10.3 Å². The molecule has 0 saturated carbocycles. The van der Waals surface area contributed by atoms with Crippen molar-refractivity contribution in [2.45, 2.75) is 23.6 Å². The molecule has 1 unspecified atom stereocenters. The zero-order valence-corrected chi connectivity index (χ0v) is 15.3. The zero-order valence-electron chi connectivity index (χ0n) is 13.7. The zero-order chi connectivity index (χ0) is 17.6.